The van der Waals surface area contributed by atoms with E-state index in [1.807, 2.05) is 0 Å². The summed E-state index contributed by atoms with van der Waals surface area (Å²) in [7, 11) is 5.24. The third-order valence-corrected chi connectivity index (χ3v) is 2.49. The third-order valence-electron chi connectivity index (χ3n) is 2.49. The van der Waals surface area contributed by atoms with Crippen molar-refractivity contribution in [3.05, 3.63) is 0 Å². The molecule has 0 aromatic carbocycles. The molecule has 4 nitrogen and oxygen atoms in total. The number of ether oxygens (including phenoxy) is 1. The Bertz CT molecular complexity index is 172. The Morgan fingerprint density at radius 3 is 2.43 bits per heavy atom. The standard InChI is InChI=1S/C10H22N2O2/c1-8(2)12(4)7-6-9(11-3)10(13)14-5/h8-9,11H,6-7H2,1-5H3. The molecule has 84 valence electrons. The maximum atomic E-state index is 11.2. The van der Waals surface area contributed by atoms with E-state index >= 15 is 0 Å². The Balaban J connectivity index is 3.89. The quantitative estimate of drug-likeness (QED) is 0.636. The van der Waals surface area contributed by atoms with Gasteiger partial charge in [0.15, 0.2) is 0 Å². The van der Waals surface area contributed by atoms with Gasteiger partial charge in [0.05, 0.1) is 7.11 Å². The van der Waals surface area contributed by atoms with Crippen LogP contribution in [-0.2, 0) is 9.53 Å². The zero-order valence-corrected chi connectivity index (χ0v) is 9.83. The Labute approximate surface area is 86.6 Å². The van der Waals surface area contributed by atoms with Crippen molar-refractivity contribution in [1.29, 1.82) is 0 Å². The Kier molecular flexibility index (Phi) is 6.49. The first-order chi connectivity index (χ1) is 6.52. The molecule has 0 spiro atoms. The van der Waals surface area contributed by atoms with Gasteiger partial charge in [-0.3, -0.25) is 4.79 Å². The maximum Gasteiger partial charge on any atom is 0.322 e. The van der Waals surface area contributed by atoms with Crippen LogP contribution in [0.1, 0.15) is 20.3 Å². The second-order valence-electron chi connectivity index (χ2n) is 3.73. The molecule has 0 saturated heterocycles. The van der Waals surface area contributed by atoms with Gasteiger partial charge in [0.25, 0.3) is 0 Å². The lowest BCUT2D eigenvalue weighted by molar-refractivity contribution is -0.143. The van der Waals surface area contributed by atoms with E-state index in [1.165, 1.54) is 7.11 Å². The van der Waals surface area contributed by atoms with Crippen LogP contribution in [0.4, 0.5) is 0 Å². The number of carbonyl (C=O) groups is 1. The first-order valence-electron chi connectivity index (χ1n) is 4.98. The maximum absolute atomic E-state index is 11.2. The molecule has 0 radical (unpaired) electrons. The van der Waals surface area contributed by atoms with Gasteiger partial charge in [0.1, 0.15) is 6.04 Å². The van der Waals surface area contributed by atoms with Crippen LogP contribution in [0.2, 0.25) is 0 Å². The average molecular weight is 202 g/mol. The molecule has 1 unspecified atom stereocenters. The van der Waals surface area contributed by atoms with Gasteiger partial charge in [0, 0.05) is 12.6 Å². The fraction of sp³-hybridized carbons (Fsp3) is 0.900. The van der Waals surface area contributed by atoms with Crippen LogP contribution in [-0.4, -0.2) is 50.7 Å². The summed E-state index contributed by atoms with van der Waals surface area (Å²) in [6.45, 7) is 5.15. The van der Waals surface area contributed by atoms with E-state index in [9.17, 15) is 4.79 Å². The van der Waals surface area contributed by atoms with Crippen molar-refractivity contribution < 1.29 is 9.53 Å². The first kappa shape index (κ1) is 13.4. The van der Waals surface area contributed by atoms with E-state index in [2.05, 4.69) is 35.8 Å². The molecule has 0 aromatic rings. The van der Waals surface area contributed by atoms with Crippen molar-refractivity contribution in [1.82, 2.24) is 10.2 Å². The SMILES string of the molecule is CNC(CCN(C)C(C)C)C(=O)OC. The molecule has 0 aliphatic heterocycles. The lowest BCUT2D eigenvalue weighted by Gasteiger charge is -2.23. The molecular formula is C10H22N2O2. The average Bonchev–Trinajstić information content (AvgIpc) is 2.17. The number of nitrogens with one attached hydrogen (secondary N) is 1. The van der Waals surface area contributed by atoms with Crippen LogP contribution in [0, 0.1) is 0 Å². The summed E-state index contributed by atoms with van der Waals surface area (Å²) in [5.74, 6) is -0.190. The van der Waals surface area contributed by atoms with E-state index in [0.717, 1.165) is 13.0 Å². The number of methoxy groups -OCH3 is 1. The van der Waals surface area contributed by atoms with Gasteiger partial charge in [-0.2, -0.15) is 0 Å². The molecule has 0 aliphatic rings. The molecule has 0 aliphatic carbocycles. The molecule has 4 heteroatoms. The van der Waals surface area contributed by atoms with Gasteiger partial charge in [-0.25, -0.2) is 0 Å². The summed E-state index contributed by atoms with van der Waals surface area (Å²) < 4.78 is 4.68. The normalized spacial score (nSPS) is 13.4. The van der Waals surface area contributed by atoms with Crippen LogP contribution >= 0.6 is 0 Å². The van der Waals surface area contributed by atoms with Crippen molar-refractivity contribution in [3.8, 4) is 0 Å². The third kappa shape index (κ3) is 4.58. The summed E-state index contributed by atoms with van der Waals surface area (Å²) in [5.41, 5.74) is 0. The molecule has 14 heavy (non-hydrogen) atoms. The van der Waals surface area contributed by atoms with Gasteiger partial charge in [-0.1, -0.05) is 0 Å². The molecule has 1 atom stereocenters. The van der Waals surface area contributed by atoms with Gasteiger partial charge < -0.3 is 15.0 Å². The fourth-order valence-corrected chi connectivity index (χ4v) is 1.11. The van der Waals surface area contributed by atoms with Gasteiger partial charge in [-0.15, -0.1) is 0 Å². The second kappa shape index (κ2) is 6.79. The highest BCUT2D eigenvalue weighted by Gasteiger charge is 2.17. The molecule has 0 bridgehead atoms. The Morgan fingerprint density at radius 2 is 2.07 bits per heavy atom. The second-order valence-corrected chi connectivity index (χ2v) is 3.73. The highest BCUT2D eigenvalue weighted by Crippen LogP contribution is 2.00. The summed E-state index contributed by atoms with van der Waals surface area (Å²) in [6.07, 6.45) is 0.776. The molecule has 0 rings (SSSR count). The van der Waals surface area contributed by atoms with Crippen molar-refractivity contribution in [2.75, 3.05) is 27.7 Å². The largest absolute Gasteiger partial charge is 0.468 e. The van der Waals surface area contributed by atoms with Crippen LogP contribution in [0.5, 0.6) is 0 Å². The number of carbonyl (C=O) groups excluding carboxylic acids is 1. The van der Waals surface area contributed by atoms with Gasteiger partial charge in [0.2, 0.25) is 0 Å². The molecule has 1 N–H and O–H groups in total. The number of rotatable bonds is 6. The van der Waals surface area contributed by atoms with E-state index in [-0.39, 0.29) is 12.0 Å². The predicted octanol–water partition coefficient (Wildman–Crippen LogP) is 0.478. The molecular weight excluding hydrogens is 180 g/mol. The highest BCUT2D eigenvalue weighted by atomic mass is 16.5. The fourth-order valence-electron chi connectivity index (χ4n) is 1.11. The minimum absolute atomic E-state index is 0.190. The number of esters is 1. The molecule has 0 aromatic heterocycles. The summed E-state index contributed by atoms with van der Waals surface area (Å²) in [4.78, 5) is 13.4. The first-order valence-corrected chi connectivity index (χ1v) is 4.98. The summed E-state index contributed by atoms with van der Waals surface area (Å²) >= 11 is 0. The zero-order valence-electron chi connectivity index (χ0n) is 9.83. The number of nitrogens with zero attached hydrogens (tertiary/aromatic N) is 1. The van der Waals surface area contributed by atoms with Gasteiger partial charge in [-0.05, 0) is 34.4 Å². The lowest BCUT2D eigenvalue weighted by atomic mass is 10.2. The highest BCUT2D eigenvalue weighted by molar-refractivity contribution is 5.75. The van der Waals surface area contributed by atoms with Crippen LogP contribution in [0.15, 0.2) is 0 Å². The summed E-state index contributed by atoms with van der Waals surface area (Å²) in [5, 5.41) is 2.95. The van der Waals surface area contributed by atoms with Crippen molar-refractivity contribution >= 4 is 5.97 Å². The van der Waals surface area contributed by atoms with Gasteiger partial charge >= 0.3 is 5.97 Å². The van der Waals surface area contributed by atoms with E-state index in [1.54, 1.807) is 7.05 Å². The minimum atomic E-state index is -0.193. The van der Waals surface area contributed by atoms with Crippen molar-refractivity contribution in [2.45, 2.75) is 32.4 Å². The topological polar surface area (TPSA) is 41.6 Å². The Morgan fingerprint density at radius 1 is 1.50 bits per heavy atom. The van der Waals surface area contributed by atoms with Crippen molar-refractivity contribution in [3.63, 3.8) is 0 Å². The zero-order chi connectivity index (χ0) is 11.1. The molecule has 0 saturated carbocycles. The number of hydrogen-bond donors (Lipinski definition) is 1. The molecule has 0 fully saturated rings. The number of hydrogen-bond acceptors (Lipinski definition) is 4. The van der Waals surface area contributed by atoms with Crippen LogP contribution in [0.25, 0.3) is 0 Å². The Hall–Kier alpha value is -0.610. The molecule has 0 amide bonds. The predicted molar refractivity (Wildman–Crippen MR) is 57.2 cm³/mol. The smallest absolute Gasteiger partial charge is 0.322 e. The van der Waals surface area contributed by atoms with E-state index in [4.69, 9.17) is 0 Å². The van der Waals surface area contributed by atoms with Crippen molar-refractivity contribution in [2.24, 2.45) is 0 Å². The van der Waals surface area contributed by atoms with E-state index < -0.39 is 0 Å². The summed E-state index contributed by atoms with van der Waals surface area (Å²) in [6, 6.07) is 0.311. The minimum Gasteiger partial charge on any atom is -0.468 e. The monoisotopic (exact) mass is 202 g/mol. The van der Waals surface area contributed by atoms with Crippen LogP contribution < -0.4 is 5.32 Å². The lowest BCUT2D eigenvalue weighted by Crippen LogP contribution is -2.39. The molecule has 0 heterocycles. The number of likely N-dealkylation sites (N-methyl/N-ethyl adjacent to an activating group) is 1. The van der Waals surface area contributed by atoms with Crippen LogP contribution in [0.3, 0.4) is 0 Å². The van der Waals surface area contributed by atoms with E-state index in [0.29, 0.717) is 6.04 Å².